The average molecular weight is 341 g/mol. The van der Waals surface area contributed by atoms with Gasteiger partial charge in [0.2, 0.25) is 0 Å². The van der Waals surface area contributed by atoms with Gasteiger partial charge in [-0.25, -0.2) is 4.79 Å². The van der Waals surface area contributed by atoms with Gasteiger partial charge in [0.25, 0.3) is 0 Å². The monoisotopic (exact) mass is 341 g/mol. The highest BCUT2D eigenvalue weighted by Gasteiger charge is 2.25. The maximum atomic E-state index is 12.2. The Labute approximate surface area is 149 Å². The van der Waals surface area contributed by atoms with Crippen LogP contribution in [0.1, 0.15) is 60.6 Å². The molecule has 0 saturated heterocycles. The van der Waals surface area contributed by atoms with Gasteiger partial charge in [0.15, 0.2) is 5.69 Å². The maximum Gasteiger partial charge on any atom is 0.359 e. The molecule has 0 aliphatic carbocycles. The van der Waals surface area contributed by atoms with Crippen LogP contribution in [-0.2, 0) is 29.7 Å². The third kappa shape index (κ3) is 3.76. The van der Waals surface area contributed by atoms with E-state index in [1.807, 2.05) is 11.6 Å². The van der Waals surface area contributed by atoms with Crippen molar-refractivity contribution in [2.24, 2.45) is 0 Å². The summed E-state index contributed by atoms with van der Waals surface area (Å²) in [5.41, 5.74) is 5.22. The SMILES string of the molecule is CCOC(=O)c1nn(Cc2ccc(C(C)(C)C)cc2)c2c1CNCC2. The molecule has 0 atom stereocenters. The maximum absolute atomic E-state index is 12.2. The molecule has 0 spiro atoms. The lowest BCUT2D eigenvalue weighted by Crippen LogP contribution is -2.26. The first-order chi connectivity index (χ1) is 11.9. The standard InChI is InChI=1S/C20H27N3O2/c1-5-25-19(24)18-16-12-21-11-10-17(16)23(22-18)13-14-6-8-15(9-7-14)20(2,3)4/h6-9,21H,5,10-13H2,1-4H3. The van der Waals surface area contributed by atoms with Crippen LogP contribution in [0.2, 0.25) is 0 Å². The van der Waals surface area contributed by atoms with Crippen LogP contribution in [0.3, 0.4) is 0 Å². The molecule has 1 aliphatic rings. The number of aromatic nitrogens is 2. The molecule has 3 rings (SSSR count). The topological polar surface area (TPSA) is 56.1 Å². The van der Waals surface area contributed by atoms with E-state index in [4.69, 9.17) is 4.74 Å². The molecule has 134 valence electrons. The molecule has 0 amide bonds. The molecular weight excluding hydrogens is 314 g/mol. The Kier molecular flexibility index (Phi) is 4.95. The number of benzene rings is 1. The number of nitrogens with one attached hydrogen (secondary N) is 1. The molecule has 0 fully saturated rings. The first-order valence-corrected chi connectivity index (χ1v) is 8.96. The van der Waals surface area contributed by atoms with Crippen LogP contribution in [0.5, 0.6) is 0 Å². The van der Waals surface area contributed by atoms with Gasteiger partial charge in [-0.05, 0) is 23.5 Å². The summed E-state index contributed by atoms with van der Waals surface area (Å²) in [5.74, 6) is -0.329. The fourth-order valence-corrected chi connectivity index (χ4v) is 3.20. The van der Waals surface area contributed by atoms with Gasteiger partial charge in [0, 0.05) is 30.8 Å². The van der Waals surface area contributed by atoms with E-state index in [1.165, 1.54) is 11.1 Å². The summed E-state index contributed by atoms with van der Waals surface area (Å²) in [4.78, 5) is 12.2. The van der Waals surface area contributed by atoms with Crippen LogP contribution in [0, 0.1) is 0 Å². The van der Waals surface area contributed by atoms with Crippen molar-refractivity contribution in [2.45, 2.75) is 52.6 Å². The minimum absolute atomic E-state index is 0.145. The Morgan fingerprint density at radius 1 is 1.28 bits per heavy atom. The van der Waals surface area contributed by atoms with Crippen molar-refractivity contribution >= 4 is 5.97 Å². The van der Waals surface area contributed by atoms with E-state index < -0.39 is 0 Å². The third-order valence-corrected chi connectivity index (χ3v) is 4.63. The van der Waals surface area contributed by atoms with Crippen LogP contribution < -0.4 is 5.32 Å². The summed E-state index contributed by atoms with van der Waals surface area (Å²) in [6, 6.07) is 8.66. The van der Waals surface area contributed by atoms with Gasteiger partial charge in [0.1, 0.15) is 0 Å². The van der Waals surface area contributed by atoms with E-state index in [-0.39, 0.29) is 11.4 Å². The molecule has 0 radical (unpaired) electrons. The van der Waals surface area contributed by atoms with E-state index in [9.17, 15) is 4.79 Å². The zero-order valence-corrected chi connectivity index (χ0v) is 15.6. The van der Waals surface area contributed by atoms with Crippen LogP contribution in [0.15, 0.2) is 24.3 Å². The molecule has 2 aromatic rings. The first kappa shape index (κ1) is 17.7. The molecule has 25 heavy (non-hydrogen) atoms. The van der Waals surface area contributed by atoms with E-state index in [0.717, 1.165) is 24.2 Å². The predicted molar refractivity (Wildman–Crippen MR) is 97.8 cm³/mol. The number of esters is 1. The second-order valence-corrected chi connectivity index (χ2v) is 7.53. The predicted octanol–water partition coefficient (Wildman–Crippen LogP) is 3.05. The van der Waals surface area contributed by atoms with Crippen molar-refractivity contribution in [1.29, 1.82) is 0 Å². The number of nitrogens with zero attached hydrogens (tertiary/aromatic N) is 2. The second kappa shape index (κ2) is 7.00. The molecule has 0 saturated carbocycles. The van der Waals surface area contributed by atoms with E-state index >= 15 is 0 Å². The lowest BCUT2D eigenvalue weighted by atomic mass is 9.87. The quantitative estimate of drug-likeness (QED) is 0.869. The summed E-state index contributed by atoms with van der Waals surface area (Å²) in [5, 5.41) is 7.90. The Bertz CT molecular complexity index is 754. The zero-order valence-electron chi connectivity index (χ0n) is 15.6. The fourth-order valence-electron chi connectivity index (χ4n) is 3.20. The molecule has 5 nitrogen and oxygen atoms in total. The van der Waals surface area contributed by atoms with Gasteiger partial charge in [0.05, 0.1) is 13.2 Å². The van der Waals surface area contributed by atoms with Gasteiger partial charge in [-0.15, -0.1) is 0 Å². The van der Waals surface area contributed by atoms with Crippen molar-refractivity contribution in [3.8, 4) is 0 Å². The number of rotatable bonds is 4. The molecule has 1 aromatic carbocycles. The molecule has 5 heteroatoms. The molecule has 0 bridgehead atoms. The van der Waals surface area contributed by atoms with Crippen LogP contribution in [0.4, 0.5) is 0 Å². The van der Waals surface area contributed by atoms with Gasteiger partial charge < -0.3 is 10.1 Å². The first-order valence-electron chi connectivity index (χ1n) is 8.96. The molecule has 2 heterocycles. The lowest BCUT2D eigenvalue weighted by Gasteiger charge is -2.19. The van der Waals surface area contributed by atoms with Crippen molar-refractivity contribution in [3.63, 3.8) is 0 Å². The summed E-state index contributed by atoms with van der Waals surface area (Å²) < 4.78 is 7.13. The summed E-state index contributed by atoms with van der Waals surface area (Å²) in [7, 11) is 0. The second-order valence-electron chi connectivity index (χ2n) is 7.53. The Hall–Kier alpha value is -2.14. The highest BCUT2D eigenvalue weighted by molar-refractivity contribution is 5.89. The van der Waals surface area contributed by atoms with Crippen LogP contribution in [0.25, 0.3) is 0 Å². The summed E-state index contributed by atoms with van der Waals surface area (Å²) in [6.07, 6.45) is 0.877. The molecule has 1 aliphatic heterocycles. The van der Waals surface area contributed by atoms with E-state index in [0.29, 0.717) is 25.4 Å². The van der Waals surface area contributed by atoms with E-state index in [2.05, 4.69) is 55.5 Å². The number of carbonyl (C=O) groups excluding carboxylic acids is 1. The van der Waals surface area contributed by atoms with Crippen molar-refractivity contribution in [2.75, 3.05) is 13.2 Å². The van der Waals surface area contributed by atoms with Crippen molar-refractivity contribution in [3.05, 3.63) is 52.3 Å². The van der Waals surface area contributed by atoms with E-state index in [1.54, 1.807) is 0 Å². The minimum Gasteiger partial charge on any atom is -0.461 e. The molecule has 0 unspecified atom stereocenters. The average Bonchev–Trinajstić information content (AvgIpc) is 2.94. The smallest absolute Gasteiger partial charge is 0.359 e. The third-order valence-electron chi connectivity index (χ3n) is 4.63. The Morgan fingerprint density at radius 3 is 2.64 bits per heavy atom. The number of ether oxygens (including phenoxy) is 1. The fraction of sp³-hybridized carbons (Fsp3) is 0.500. The zero-order chi connectivity index (χ0) is 18.0. The minimum atomic E-state index is -0.329. The molecule has 1 aromatic heterocycles. The number of hydrogen-bond donors (Lipinski definition) is 1. The normalized spacial score (nSPS) is 14.2. The lowest BCUT2D eigenvalue weighted by molar-refractivity contribution is 0.0517. The summed E-state index contributed by atoms with van der Waals surface area (Å²) in [6.45, 7) is 11.1. The van der Waals surface area contributed by atoms with Crippen molar-refractivity contribution < 1.29 is 9.53 Å². The summed E-state index contributed by atoms with van der Waals surface area (Å²) >= 11 is 0. The molecular formula is C20H27N3O2. The van der Waals surface area contributed by atoms with Gasteiger partial charge >= 0.3 is 5.97 Å². The van der Waals surface area contributed by atoms with Crippen molar-refractivity contribution in [1.82, 2.24) is 15.1 Å². The van der Waals surface area contributed by atoms with Gasteiger partial charge in [-0.2, -0.15) is 5.10 Å². The van der Waals surface area contributed by atoms with Gasteiger partial charge in [-0.1, -0.05) is 45.0 Å². The number of carbonyl (C=O) groups is 1. The molecule has 1 N–H and O–H groups in total. The van der Waals surface area contributed by atoms with Gasteiger partial charge in [-0.3, -0.25) is 4.68 Å². The highest BCUT2D eigenvalue weighted by Crippen LogP contribution is 2.24. The number of hydrogen-bond acceptors (Lipinski definition) is 4. The largest absolute Gasteiger partial charge is 0.461 e. The Balaban J connectivity index is 1.88. The highest BCUT2D eigenvalue weighted by atomic mass is 16.5. The number of fused-ring (bicyclic) bond motifs is 1. The Morgan fingerprint density at radius 2 is 2.00 bits per heavy atom. The van der Waals surface area contributed by atoms with Crippen LogP contribution in [-0.4, -0.2) is 28.9 Å². The van der Waals surface area contributed by atoms with Crippen LogP contribution >= 0.6 is 0 Å².